The molecule has 3 heterocycles. The highest BCUT2D eigenvalue weighted by molar-refractivity contribution is 7.91. The molecule has 2 aliphatic rings. The average Bonchev–Trinajstić information content (AvgIpc) is 3.16. The van der Waals surface area contributed by atoms with Crippen LogP contribution in [0.5, 0.6) is 0 Å². The molecule has 1 amide bonds. The second-order valence-corrected chi connectivity index (χ2v) is 10.7. The fourth-order valence-corrected chi connectivity index (χ4v) is 5.99. The minimum Gasteiger partial charge on any atom is -0.337 e. The number of hydrogen-bond acceptors (Lipinski definition) is 4. The largest absolute Gasteiger partial charge is 0.337 e. The highest BCUT2D eigenvalue weighted by atomic mass is 32.2. The summed E-state index contributed by atoms with van der Waals surface area (Å²) in [6.07, 6.45) is 4.91. The van der Waals surface area contributed by atoms with E-state index in [-0.39, 0.29) is 23.5 Å². The summed E-state index contributed by atoms with van der Waals surface area (Å²) in [5.41, 5.74) is 4.58. The van der Waals surface area contributed by atoms with Gasteiger partial charge in [0.1, 0.15) is 0 Å². The summed E-state index contributed by atoms with van der Waals surface area (Å²) in [5, 5.41) is 4.65. The van der Waals surface area contributed by atoms with Crippen LogP contribution in [0, 0.1) is 13.8 Å². The monoisotopic (exact) mass is 415 g/mol. The summed E-state index contributed by atoms with van der Waals surface area (Å²) >= 11 is 0. The highest BCUT2D eigenvalue weighted by Gasteiger charge is 2.32. The lowest BCUT2D eigenvalue weighted by Crippen LogP contribution is -2.32. The molecule has 7 heteroatoms. The van der Waals surface area contributed by atoms with Gasteiger partial charge in [0.15, 0.2) is 15.5 Å². The molecule has 0 bridgehead atoms. The Morgan fingerprint density at radius 2 is 1.76 bits per heavy atom. The van der Waals surface area contributed by atoms with Crippen LogP contribution in [0.15, 0.2) is 24.3 Å². The summed E-state index contributed by atoms with van der Waals surface area (Å²) in [5.74, 6) is 0.222. The van der Waals surface area contributed by atoms with Gasteiger partial charge in [0, 0.05) is 18.7 Å². The van der Waals surface area contributed by atoms with Gasteiger partial charge in [-0.2, -0.15) is 5.10 Å². The van der Waals surface area contributed by atoms with E-state index < -0.39 is 9.84 Å². The lowest BCUT2D eigenvalue weighted by Gasteiger charge is -2.18. The number of hydrogen-bond donors (Lipinski definition) is 0. The lowest BCUT2D eigenvalue weighted by atomic mass is 10.0. The number of carbonyl (C=O) groups excluding carboxylic acids is 1. The van der Waals surface area contributed by atoms with E-state index in [1.165, 1.54) is 5.56 Å². The van der Waals surface area contributed by atoms with Crippen molar-refractivity contribution >= 4 is 15.7 Å². The van der Waals surface area contributed by atoms with E-state index in [4.69, 9.17) is 0 Å². The normalized spacial score (nSPS) is 21.9. The first-order valence-electron chi connectivity index (χ1n) is 10.5. The maximum atomic E-state index is 13.1. The molecule has 0 spiro atoms. The van der Waals surface area contributed by atoms with E-state index in [1.807, 2.05) is 17.0 Å². The van der Waals surface area contributed by atoms with Gasteiger partial charge in [0.2, 0.25) is 0 Å². The Kier molecular flexibility index (Phi) is 5.51. The van der Waals surface area contributed by atoms with Gasteiger partial charge >= 0.3 is 0 Å². The molecule has 0 unspecified atom stereocenters. The fraction of sp³-hybridized carbons (Fsp3) is 0.545. The van der Waals surface area contributed by atoms with Crippen molar-refractivity contribution in [3.8, 4) is 11.3 Å². The Morgan fingerprint density at radius 3 is 2.38 bits per heavy atom. The summed E-state index contributed by atoms with van der Waals surface area (Å²) in [7, 11) is -3.05. The number of amides is 1. The van der Waals surface area contributed by atoms with Gasteiger partial charge < -0.3 is 4.90 Å². The minimum absolute atomic E-state index is 0.0448. The Balaban J connectivity index is 1.74. The fourth-order valence-electron chi connectivity index (χ4n) is 4.30. The molecule has 0 saturated carbocycles. The van der Waals surface area contributed by atoms with Crippen molar-refractivity contribution in [2.45, 2.75) is 52.0 Å². The Labute approximate surface area is 172 Å². The smallest absolute Gasteiger partial charge is 0.274 e. The molecule has 0 aliphatic carbocycles. The Morgan fingerprint density at radius 1 is 1.03 bits per heavy atom. The molecular formula is C22H29N3O3S. The number of rotatable bonds is 3. The first-order chi connectivity index (χ1) is 13.8. The summed E-state index contributed by atoms with van der Waals surface area (Å²) < 4.78 is 25.9. The summed E-state index contributed by atoms with van der Waals surface area (Å²) in [6.45, 7) is 5.65. The summed E-state index contributed by atoms with van der Waals surface area (Å²) in [4.78, 5) is 15.0. The standard InChI is InChI=1S/C22H29N3O3S/c1-16-7-8-18(13-17(16)2)21-14-20(22(26)24-10-5-3-4-6-11-24)23-25(21)19-9-12-29(27,28)15-19/h7-8,13-14,19H,3-6,9-12,15H2,1-2H3/t19-/m1/s1. The molecule has 2 aromatic rings. The first kappa shape index (κ1) is 20.1. The lowest BCUT2D eigenvalue weighted by molar-refractivity contribution is 0.0754. The Hall–Kier alpha value is -2.15. The van der Waals surface area contributed by atoms with E-state index in [1.54, 1.807) is 4.68 Å². The van der Waals surface area contributed by atoms with Gasteiger partial charge in [0.25, 0.3) is 5.91 Å². The molecule has 156 valence electrons. The number of likely N-dealkylation sites (tertiary alicyclic amines) is 1. The quantitative estimate of drug-likeness (QED) is 0.769. The second kappa shape index (κ2) is 7.94. The van der Waals surface area contributed by atoms with E-state index in [0.717, 1.165) is 55.6 Å². The molecule has 1 aromatic carbocycles. The van der Waals surface area contributed by atoms with Crippen LogP contribution in [0.1, 0.15) is 59.8 Å². The molecule has 29 heavy (non-hydrogen) atoms. The van der Waals surface area contributed by atoms with Crippen LogP contribution < -0.4 is 0 Å². The van der Waals surface area contributed by atoms with Crippen LogP contribution in [0.25, 0.3) is 11.3 Å². The topological polar surface area (TPSA) is 72.3 Å². The van der Waals surface area contributed by atoms with Gasteiger partial charge in [0.05, 0.1) is 23.2 Å². The molecule has 0 radical (unpaired) electrons. The van der Waals surface area contributed by atoms with Crippen LogP contribution in [0.3, 0.4) is 0 Å². The van der Waals surface area contributed by atoms with Crippen molar-refractivity contribution in [1.82, 2.24) is 14.7 Å². The third-order valence-corrected chi connectivity index (χ3v) is 7.96. The van der Waals surface area contributed by atoms with Crippen LogP contribution in [-0.2, 0) is 9.84 Å². The second-order valence-electron chi connectivity index (χ2n) is 8.42. The molecule has 0 N–H and O–H groups in total. The average molecular weight is 416 g/mol. The van der Waals surface area contributed by atoms with Crippen LogP contribution >= 0.6 is 0 Å². The van der Waals surface area contributed by atoms with Gasteiger partial charge in [-0.05, 0) is 56.4 Å². The first-order valence-corrected chi connectivity index (χ1v) is 12.3. The third-order valence-electron chi connectivity index (χ3n) is 6.21. The van der Waals surface area contributed by atoms with Crippen molar-refractivity contribution < 1.29 is 13.2 Å². The number of aryl methyl sites for hydroxylation is 2. The molecule has 2 fully saturated rings. The SMILES string of the molecule is Cc1ccc(-c2cc(C(=O)N3CCCCCC3)nn2[C@@H]2CCS(=O)(=O)C2)cc1C. The third kappa shape index (κ3) is 4.25. The molecule has 1 atom stereocenters. The number of carbonyl (C=O) groups is 1. The number of sulfone groups is 1. The Bertz CT molecular complexity index is 1020. The van der Waals surface area contributed by atoms with Crippen molar-refractivity contribution in [2.75, 3.05) is 24.6 Å². The predicted octanol–water partition coefficient (Wildman–Crippen LogP) is 3.54. The van der Waals surface area contributed by atoms with E-state index >= 15 is 0 Å². The van der Waals surface area contributed by atoms with E-state index in [2.05, 4.69) is 31.1 Å². The van der Waals surface area contributed by atoms with Crippen LogP contribution in [-0.4, -0.2) is 53.6 Å². The maximum absolute atomic E-state index is 13.1. The molecule has 1 aromatic heterocycles. The van der Waals surface area contributed by atoms with Crippen LogP contribution in [0.2, 0.25) is 0 Å². The van der Waals surface area contributed by atoms with Crippen molar-refractivity contribution in [2.24, 2.45) is 0 Å². The minimum atomic E-state index is -3.05. The van der Waals surface area contributed by atoms with Crippen LogP contribution in [0.4, 0.5) is 0 Å². The van der Waals surface area contributed by atoms with Gasteiger partial charge in [-0.3, -0.25) is 9.48 Å². The number of aromatic nitrogens is 2. The van der Waals surface area contributed by atoms with Gasteiger partial charge in [-0.25, -0.2) is 8.42 Å². The number of benzene rings is 1. The zero-order valence-corrected chi connectivity index (χ0v) is 18.0. The number of nitrogens with zero attached hydrogens (tertiary/aromatic N) is 3. The molecular weight excluding hydrogens is 386 g/mol. The van der Waals surface area contributed by atoms with Crippen molar-refractivity contribution in [3.63, 3.8) is 0 Å². The van der Waals surface area contributed by atoms with Gasteiger partial charge in [-0.15, -0.1) is 0 Å². The zero-order valence-electron chi connectivity index (χ0n) is 17.2. The molecule has 4 rings (SSSR count). The molecule has 2 aliphatic heterocycles. The summed E-state index contributed by atoms with van der Waals surface area (Å²) in [6, 6.07) is 7.81. The molecule has 6 nitrogen and oxygen atoms in total. The molecule has 2 saturated heterocycles. The van der Waals surface area contributed by atoms with Gasteiger partial charge in [-0.1, -0.05) is 25.0 Å². The van der Waals surface area contributed by atoms with Crippen molar-refractivity contribution in [1.29, 1.82) is 0 Å². The predicted molar refractivity (Wildman–Crippen MR) is 114 cm³/mol. The highest BCUT2D eigenvalue weighted by Crippen LogP contribution is 2.31. The van der Waals surface area contributed by atoms with Crippen molar-refractivity contribution in [3.05, 3.63) is 41.1 Å². The van der Waals surface area contributed by atoms with E-state index in [0.29, 0.717) is 12.1 Å². The van der Waals surface area contributed by atoms with E-state index in [9.17, 15) is 13.2 Å². The zero-order chi connectivity index (χ0) is 20.6. The maximum Gasteiger partial charge on any atom is 0.274 e.